The van der Waals surface area contributed by atoms with E-state index in [1.807, 2.05) is 13.8 Å². The molecule has 0 saturated carbocycles. The molecule has 1 aromatic heterocycles. The number of hydrogen-bond donors (Lipinski definition) is 2. The Morgan fingerprint density at radius 1 is 1.42 bits per heavy atom. The van der Waals surface area contributed by atoms with E-state index in [4.69, 9.17) is 5.73 Å². The molecule has 1 saturated heterocycles. The maximum Gasteiger partial charge on any atom is 0.133 e. The molecule has 2 rings (SSSR count). The Morgan fingerprint density at radius 2 is 2.05 bits per heavy atom. The zero-order valence-corrected chi connectivity index (χ0v) is 12.2. The number of aliphatic hydroxyl groups excluding tert-OH is 1. The molecule has 1 aliphatic rings. The normalized spacial score (nSPS) is 18.7. The Hall–Kier alpha value is -1.13. The van der Waals surface area contributed by atoms with E-state index < -0.39 is 0 Å². The van der Waals surface area contributed by atoms with Gasteiger partial charge in [0.1, 0.15) is 5.82 Å². The first-order valence-corrected chi connectivity index (χ1v) is 7.13. The van der Waals surface area contributed by atoms with Gasteiger partial charge in [0.25, 0.3) is 0 Å². The van der Waals surface area contributed by atoms with E-state index in [2.05, 4.69) is 22.9 Å². The minimum absolute atomic E-state index is 0.205. The van der Waals surface area contributed by atoms with Crippen molar-refractivity contribution in [1.82, 2.24) is 4.98 Å². The molecule has 1 aliphatic heterocycles. The number of aliphatic hydroxyl groups is 1. The van der Waals surface area contributed by atoms with Crippen LogP contribution in [0.15, 0.2) is 6.07 Å². The van der Waals surface area contributed by atoms with Crippen molar-refractivity contribution in [2.24, 2.45) is 11.7 Å². The molecule has 0 aromatic carbocycles. The molecule has 2 heterocycles. The third-order valence-corrected chi connectivity index (χ3v) is 4.18. The van der Waals surface area contributed by atoms with Crippen LogP contribution in [0.4, 0.5) is 5.82 Å². The molecule has 106 valence electrons. The number of aromatic nitrogens is 1. The lowest BCUT2D eigenvalue weighted by Crippen LogP contribution is -2.38. The Labute approximate surface area is 115 Å². The molecule has 1 aromatic rings. The van der Waals surface area contributed by atoms with Crippen LogP contribution < -0.4 is 10.6 Å². The van der Waals surface area contributed by atoms with Crippen molar-refractivity contribution >= 4 is 5.82 Å². The van der Waals surface area contributed by atoms with Crippen LogP contribution in [0.5, 0.6) is 0 Å². The van der Waals surface area contributed by atoms with E-state index in [9.17, 15) is 5.11 Å². The zero-order valence-electron chi connectivity index (χ0n) is 12.2. The van der Waals surface area contributed by atoms with Gasteiger partial charge in [0, 0.05) is 30.9 Å². The molecule has 19 heavy (non-hydrogen) atoms. The fourth-order valence-electron chi connectivity index (χ4n) is 2.95. The Bertz CT molecular complexity index is 437. The second kappa shape index (κ2) is 5.88. The van der Waals surface area contributed by atoms with Gasteiger partial charge < -0.3 is 15.7 Å². The van der Waals surface area contributed by atoms with E-state index in [1.54, 1.807) is 0 Å². The number of pyridine rings is 1. The quantitative estimate of drug-likeness (QED) is 0.872. The predicted octanol–water partition coefficient (Wildman–Crippen LogP) is 1.75. The molecule has 1 atom stereocenters. The topological polar surface area (TPSA) is 62.4 Å². The van der Waals surface area contributed by atoms with Crippen molar-refractivity contribution in [2.75, 3.05) is 18.0 Å². The highest BCUT2D eigenvalue weighted by molar-refractivity contribution is 5.51. The lowest BCUT2D eigenvalue weighted by atomic mass is 9.92. The number of nitrogens with zero attached hydrogens (tertiary/aromatic N) is 2. The molecule has 4 nitrogen and oxygen atoms in total. The molecular formula is C15H25N3O. The van der Waals surface area contributed by atoms with Crippen molar-refractivity contribution < 1.29 is 5.11 Å². The minimum Gasteiger partial charge on any atom is -0.393 e. The first-order valence-electron chi connectivity index (χ1n) is 7.13. The summed E-state index contributed by atoms with van der Waals surface area (Å²) in [5.74, 6) is 1.47. The Balaban J connectivity index is 2.19. The second-order valence-corrected chi connectivity index (χ2v) is 5.65. The van der Waals surface area contributed by atoms with Gasteiger partial charge in [-0.1, -0.05) is 0 Å². The van der Waals surface area contributed by atoms with Gasteiger partial charge >= 0.3 is 0 Å². The van der Waals surface area contributed by atoms with Crippen LogP contribution >= 0.6 is 0 Å². The van der Waals surface area contributed by atoms with Crippen LogP contribution in [-0.2, 0) is 6.54 Å². The monoisotopic (exact) mass is 263 g/mol. The summed E-state index contributed by atoms with van der Waals surface area (Å²) in [6.45, 7) is 8.46. The highest BCUT2D eigenvalue weighted by Gasteiger charge is 2.25. The number of piperidine rings is 1. The SMILES string of the molecule is Cc1cc(C)c(CN)c(N2CCC(C(C)O)CC2)n1. The molecule has 4 heteroatoms. The molecular weight excluding hydrogens is 238 g/mol. The summed E-state index contributed by atoms with van der Waals surface area (Å²) in [6.07, 6.45) is 1.84. The van der Waals surface area contributed by atoms with Gasteiger partial charge in [0.2, 0.25) is 0 Å². The number of aryl methyl sites for hydroxylation is 2. The Kier molecular flexibility index (Phi) is 4.42. The van der Waals surface area contributed by atoms with Gasteiger partial charge in [-0.3, -0.25) is 0 Å². The number of nitrogens with two attached hydrogens (primary N) is 1. The van der Waals surface area contributed by atoms with E-state index in [0.717, 1.165) is 43.0 Å². The van der Waals surface area contributed by atoms with Gasteiger partial charge in [-0.05, 0) is 51.2 Å². The van der Waals surface area contributed by atoms with Crippen molar-refractivity contribution in [2.45, 2.75) is 46.3 Å². The minimum atomic E-state index is -0.205. The maximum absolute atomic E-state index is 9.67. The van der Waals surface area contributed by atoms with Crippen LogP contribution in [0.1, 0.15) is 36.6 Å². The smallest absolute Gasteiger partial charge is 0.133 e. The summed E-state index contributed by atoms with van der Waals surface area (Å²) in [4.78, 5) is 7.00. The maximum atomic E-state index is 9.67. The van der Waals surface area contributed by atoms with Crippen molar-refractivity contribution in [3.8, 4) is 0 Å². The molecule has 3 N–H and O–H groups in total. The number of rotatable bonds is 3. The largest absolute Gasteiger partial charge is 0.393 e. The van der Waals surface area contributed by atoms with Crippen LogP contribution in [0.25, 0.3) is 0 Å². The Morgan fingerprint density at radius 3 is 2.58 bits per heavy atom. The third kappa shape index (κ3) is 3.07. The number of hydrogen-bond acceptors (Lipinski definition) is 4. The molecule has 0 aliphatic carbocycles. The summed E-state index contributed by atoms with van der Waals surface area (Å²) in [5.41, 5.74) is 9.30. The zero-order chi connectivity index (χ0) is 14.0. The highest BCUT2D eigenvalue weighted by Crippen LogP contribution is 2.28. The van der Waals surface area contributed by atoms with Crippen LogP contribution in [-0.4, -0.2) is 29.3 Å². The summed E-state index contributed by atoms with van der Waals surface area (Å²) in [7, 11) is 0. The van der Waals surface area contributed by atoms with Crippen molar-refractivity contribution in [1.29, 1.82) is 0 Å². The average Bonchev–Trinajstić information content (AvgIpc) is 2.38. The molecule has 0 bridgehead atoms. The van der Waals surface area contributed by atoms with E-state index in [-0.39, 0.29) is 6.10 Å². The highest BCUT2D eigenvalue weighted by atomic mass is 16.3. The predicted molar refractivity (Wildman–Crippen MR) is 78.2 cm³/mol. The molecule has 1 fully saturated rings. The molecule has 0 spiro atoms. The van der Waals surface area contributed by atoms with Gasteiger partial charge in [-0.15, -0.1) is 0 Å². The van der Waals surface area contributed by atoms with Gasteiger partial charge in [0.05, 0.1) is 6.10 Å². The van der Waals surface area contributed by atoms with E-state index >= 15 is 0 Å². The summed E-state index contributed by atoms with van der Waals surface area (Å²) in [5, 5.41) is 9.67. The fraction of sp³-hybridized carbons (Fsp3) is 0.667. The molecule has 0 amide bonds. The first-order chi connectivity index (χ1) is 9.02. The van der Waals surface area contributed by atoms with Gasteiger partial charge in [-0.25, -0.2) is 4.98 Å². The van der Waals surface area contributed by atoms with Gasteiger partial charge in [0.15, 0.2) is 0 Å². The van der Waals surface area contributed by atoms with Crippen LogP contribution in [0.3, 0.4) is 0 Å². The van der Waals surface area contributed by atoms with Crippen molar-refractivity contribution in [3.05, 3.63) is 22.9 Å². The lowest BCUT2D eigenvalue weighted by molar-refractivity contribution is 0.109. The van der Waals surface area contributed by atoms with Crippen LogP contribution in [0, 0.1) is 19.8 Å². The second-order valence-electron chi connectivity index (χ2n) is 5.65. The van der Waals surface area contributed by atoms with Crippen molar-refractivity contribution in [3.63, 3.8) is 0 Å². The molecule has 0 radical (unpaired) electrons. The average molecular weight is 263 g/mol. The fourth-order valence-corrected chi connectivity index (χ4v) is 2.95. The van der Waals surface area contributed by atoms with Crippen LogP contribution in [0.2, 0.25) is 0 Å². The number of anilines is 1. The first kappa shape index (κ1) is 14.3. The third-order valence-electron chi connectivity index (χ3n) is 4.18. The lowest BCUT2D eigenvalue weighted by Gasteiger charge is -2.35. The summed E-state index contributed by atoms with van der Waals surface area (Å²) < 4.78 is 0. The molecule has 1 unspecified atom stereocenters. The van der Waals surface area contributed by atoms with E-state index in [0.29, 0.717) is 12.5 Å². The summed E-state index contributed by atoms with van der Waals surface area (Å²) in [6, 6.07) is 2.09. The van der Waals surface area contributed by atoms with E-state index in [1.165, 1.54) is 5.56 Å². The summed E-state index contributed by atoms with van der Waals surface area (Å²) >= 11 is 0. The van der Waals surface area contributed by atoms with Gasteiger partial charge in [-0.2, -0.15) is 0 Å². The standard InChI is InChI=1S/C15H25N3O/c1-10-8-11(2)17-15(14(10)9-16)18-6-4-13(5-7-18)12(3)19/h8,12-13,19H,4-7,9,16H2,1-3H3.